The Bertz CT molecular complexity index is 8.00. The van der Waals surface area contributed by atoms with Gasteiger partial charge in [0.25, 0.3) is 0 Å². The standard InChI is InChI=1S/BO.Cr.O/c1-2;;. The topological polar surface area (TPSA) is 34.1 Å². The van der Waals surface area contributed by atoms with Gasteiger partial charge in [-0.15, -0.1) is 0 Å². The molecule has 0 aromatic heterocycles. The normalized spacial score (nSPS) is 1.75. The molecule has 21 valence electrons. The Hall–Kier alpha value is 0.197. The van der Waals surface area contributed by atoms with Gasteiger partial charge in [0, 0.05) is 0 Å². The van der Waals surface area contributed by atoms with Gasteiger partial charge in [0.1, 0.15) is 0 Å². The summed E-state index contributed by atoms with van der Waals surface area (Å²) in [5, 5.41) is 0. The Morgan fingerprint density at radius 3 is 1.25 bits per heavy atom. The maximum atomic E-state index is 8.12. The zero-order valence-corrected chi connectivity index (χ0v) is 3.08. The molecule has 4 heteroatoms. The van der Waals surface area contributed by atoms with E-state index in [4.69, 9.17) is 8.51 Å². The van der Waals surface area contributed by atoms with Gasteiger partial charge in [-0.1, -0.05) is 0 Å². The molecule has 0 aromatic rings. The summed E-state index contributed by atoms with van der Waals surface area (Å²) in [6, 6.07) is 0. The van der Waals surface area contributed by atoms with Gasteiger partial charge in [0.05, 0.1) is 0 Å². The summed E-state index contributed by atoms with van der Waals surface area (Å²) < 4.78 is 15.9. The zero-order chi connectivity index (χ0) is 4.00. The van der Waals surface area contributed by atoms with Crippen molar-refractivity contribution < 1.29 is 24.7 Å². The second-order valence-electron chi connectivity index (χ2n) is 0. The molecular formula is BCrO2. The average Bonchev–Trinajstić information content (AvgIpc) is 1.50. The van der Waals surface area contributed by atoms with Crippen molar-refractivity contribution >= 4 is 7.72 Å². The van der Waals surface area contributed by atoms with Crippen LogP contribution in [0.25, 0.3) is 0 Å². The fraction of sp³-hybridized carbons (Fsp3) is 0. The first-order valence-electron chi connectivity index (χ1n) is 0.402. The molecule has 0 aliphatic heterocycles. The molecule has 0 N–H and O–H groups in total. The third kappa shape index (κ3) is 80.9. The molecule has 0 atom stereocenters. The van der Waals surface area contributed by atoms with Gasteiger partial charge < -0.3 is 0 Å². The van der Waals surface area contributed by atoms with Crippen molar-refractivity contribution in [1.82, 2.24) is 0 Å². The van der Waals surface area contributed by atoms with E-state index in [1.807, 2.05) is 0 Å². The number of hydrogen-bond donors (Lipinski definition) is 0. The SMILES string of the molecule is [B]=O.[O]=[Cr]. The molecule has 0 fully saturated rings. The predicted molar refractivity (Wildman–Crippen MR) is 7.13 cm³/mol. The van der Waals surface area contributed by atoms with E-state index in [-0.39, 0.29) is 0 Å². The molecule has 0 aromatic carbocycles. The van der Waals surface area contributed by atoms with Gasteiger partial charge in [0.15, 0.2) is 0 Å². The van der Waals surface area contributed by atoms with Crippen molar-refractivity contribution in [2.45, 2.75) is 0 Å². The van der Waals surface area contributed by atoms with E-state index in [0.29, 0.717) is 0 Å². The Labute approximate surface area is 33.2 Å². The van der Waals surface area contributed by atoms with Gasteiger partial charge in [0.2, 0.25) is 0 Å². The van der Waals surface area contributed by atoms with Crippen molar-refractivity contribution in [2.24, 2.45) is 0 Å². The fourth-order valence-corrected chi connectivity index (χ4v) is 0. The minimum atomic E-state index is 1.38. The van der Waals surface area contributed by atoms with Crippen molar-refractivity contribution in [3.63, 3.8) is 0 Å². The van der Waals surface area contributed by atoms with E-state index < -0.39 is 0 Å². The molecule has 0 saturated carbocycles. The predicted octanol–water partition coefficient (Wildman–Crippen LogP) is -0.621. The van der Waals surface area contributed by atoms with Crippen LogP contribution in [0, 0.1) is 0 Å². The molecule has 0 spiro atoms. The Morgan fingerprint density at radius 1 is 1.25 bits per heavy atom. The molecule has 0 rings (SSSR count). The molecular weight excluding hydrogens is 94.8 g/mol. The van der Waals surface area contributed by atoms with Crippen molar-refractivity contribution in [3.05, 3.63) is 0 Å². The minimum absolute atomic E-state index is 1.38. The zero-order valence-electron chi connectivity index (χ0n) is 1.80. The summed E-state index contributed by atoms with van der Waals surface area (Å²) >= 11 is 1.38. The first-order chi connectivity index (χ1) is 2.00. The molecule has 0 aliphatic rings. The second kappa shape index (κ2) is 396. The summed E-state index contributed by atoms with van der Waals surface area (Å²) in [4.78, 5) is 0. The number of hydrogen-bond acceptors (Lipinski definition) is 2. The van der Waals surface area contributed by atoms with Gasteiger partial charge in [-0.05, 0) is 0 Å². The van der Waals surface area contributed by atoms with Crippen LogP contribution in [-0.2, 0) is 24.7 Å². The van der Waals surface area contributed by atoms with Crippen LogP contribution in [0.2, 0.25) is 0 Å². The molecule has 2 nitrogen and oxygen atoms in total. The molecule has 0 bridgehead atoms. The van der Waals surface area contributed by atoms with Crippen molar-refractivity contribution in [2.75, 3.05) is 0 Å². The van der Waals surface area contributed by atoms with Gasteiger partial charge >= 0.3 is 32.4 Å². The Kier molecular flexibility index (Phi) is 880. The van der Waals surface area contributed by atoms with E-state index in [9.17, 15) is 0 Å². The van der Waals surface area contributed by atoms with E-state index in [0.717, 1.165) is 0 Å². The molecule has 0 heterocycles. The molecule has 0 aliphatic carbocycles. The molecule has 4 heavy (non-hydrogen) atoms. The number of rotatable bonds is 0. The molecule has 0 unspecified atom stereocenters. The molecule has 1 radical (unpaired) electrons. The summed E-state index contributed by atoms with van der Waals surface area (Å²) in [5.41, 5.74) is 0. The van der Waals surface area contributed by atoms with Crippen LogP contribution in [0.5, 0.6) is 0 Å². The fourth-order valence-electron chi connectivity index (χ4n) is 0. The van der Waals surface area contributed by atoms with Crippen LogP contribution in [0.1, 0.15) is 0 Å². The van der Waals surface area contributed by atoms with Crippen LogP contribution >= 0.6 is 0 Å². The van der Waals surface area contributed by atoms with Crippen LogP contribution < -0.4 is 0 Å². The van der Waals surface area contributed by atoms with Gasteiger partial charge in [-0.3, -0.25) is 0 Å². The van der Waals surface area contributed by atoms with Crippen LogP contribution in [0.4, 0.5) is 0 Å². The van der Waals surface area contributed by atoms with E-state index in [1.165, 1.54) is 16.2 Å². The Balaban J connectivity index is 0. The van der Waals surface area contributed by atoms with Crippen LogP contribution in [-0.4, -0.2) is 7.72 Å². The van der Waals surface area contributed by atoms with Gasteiger partial charge in [-0.25, -0.2) is 0 Å². The van der Waals surface area contributed by atoms with E-state index in [2.05, 4.69) is 7.72 Å². The Morgan fingerprint density at radius 2 is 1.25 bits per heavy atom. The maximum absolute atomic E-state index is 8.12. The third-order valence-electron chi connectivity index (χ3n) is 0. The summed E-state index contributed by atoms with van der Waals surface area (Å²) in [6.07, 6.45) is 0. The first-order valence-corrected chi connectivity index (χ1v) is 0.923. The van der Waals surface area contributed by atoms with Crippen LogP contribution in [0.3, 0.4) is 0 Å². The summed E-state index contributed by atoms with van der Waals surface area (Å²) in [7, 11) is 3.25. The quantitative estimate of drug-likeness (QED) is 0.375. The monoisotopic (exact) mass is 94.9 g/mol. The van der Waals surface area contributed by atoms with Crippen molar-refractivity contribution in [3.8, 4) is 0 Å². The van der Waals surface area contributed by atoms with Crippen molar-refractivity contribution in [1.29, 1.82) is 0 Å². The third-order valence-corrected chi connectivity index (χ3v) is 0. The summed E-state index contributed by atoms with van der Waals surface area (Å²) in [5.74, 6) is 0. The summed E-state index contributed by atoms with van der Waals surface area (Å²) in [6.45, 7) is 0. The van der Waals surface area contributed by atoms with Gasteiger partial charge in [-0.2, -0.15) is 0 Å². The van der Waals surface area contributed by atoms with E-state index >= 15 is 0 Å². The average molecular weight is 94.8 g/mol. The molecule has 0 saturated heterocycles. The van der Waals surface area contributed by atoms with E-state index in [1.54, 1.807) is 0 Å². The van der Waals surface area contributed by atoms with Crippen LogP contribution in [0.15, 0.2) is 0 Å². The first kappa shape index (κ1) is 8.89. The second-order valence-corrected chi connectivity index (χ2v) is 0. The molecule has 0 amide bonds.